The lowest BCUT2D eigenvalue weighted by Crippen LogP contribution is -2.30. The first kappa shape index (κ1) is 21.8. The molecule has 0 fully saturated rings. The first-order valence-electron chi connectivity index (χ1n) is 8.70. The molecule has 0 aliphatic carbocycles. The van der Waals surface area contributed by atoms with Gasteiger partial charge in [0.2, 0.25) is 15.9 Å². The highest BCUT2D eigenvalue weighted by Crippen LogP contribution is 2.19. The summed E-state index contributed by atoms with van der Waals surface area (Å²) in [6.07, 6.45) is 0.0362. The van der Waals surface area contributed by atoms with Gasteiger partial charge in [-0.1, -0.05) is 26.0 Å². The van der Waals surface area contributed by atoms with Crippen molar-refractivity contribution in [3.8, 4) is 5.75 Å². The molecule has 0 spiro atoms. The number of rotatable bonds is 9. The van der Waals surface area contributed by atoms with E-state index in [2.05, 4.69) is 10.1 Å². The van der Waals surface area contributed by atoms with E-state index in [1.54, 1.807) is 13.8 Å². The first-order chi connectivity index (χ1) is 13.3. The number of nitrogens with zero attached hydrogens (tertiary/aromatic N) is 1. The van der Waals surface area contributed by atoms with Crippen LogP contribution in [0.5, 0.6) is 5.75 Å². The average Bonchev–Trinajstić information content (AvgIpc) is 2.64. The molecule has 6 nitrogen and oxygen atoms in total. The number of carbonyl (C=O) groups is 1. The van der Waals surface area contributed by atoms with Gasteiger partial charge >= 0.3 is 6.61 Å². The Morgan fingerprint density at radius 1 is 1.04 bits per heavy atom. The Morgan fingerprint density at radius 3 is 2.11 bits per heavy atom. The molecule has 0 saturated carbocycles. The van der Waals surface area contributed by atoms with E-state index >= 15 is 0 Å². The van der Waals surface area contributed by atoms with Crippen LogP contribution in [0.1, 0.15) is 19.4 Å². The monoisotopic (exact) mass is 412 g/mol. The van der Waals surface area contributed by atoms with Crippen LogP contribution < -0.4 is 10.1 Å². The van der Waals surface area contributed by atoms with E-state index in [0.717, 1.165) is 0 Å². The van der Waals surface area contributed by atoms with Crippen molar-refractivity contribution in [2.45, 2.75) is 31.8 Å². The summed E-state index contributed by atoms with van der Waals surface area (Å²) in [5.74, 6) is -0.300. The molecule has 0 radical (unpaired) electrons. The second-order valence-corrected chi connectivity index (χ2v) is 7.80. The van der Waals surface area contributed by atoms with Gasteiger partial charge < -0.3 is 10.1 Å². The van der Waals surface area contributed by atoms with Crippen LogP contribution in [0.25, 0.3) is 0 Å². The van der Waals surface area contributed by atoms with Crippen LogP contribution in [0, 0.1) is 0 Å². The number of benzene rings is 2. The number of alkyl halides is 2. The van der Waals surface area contributed by atoms with Gasteiger partial charge in [-0.3, -0.25) is 4.79 Å². The van der Waals surface area contributed by atoms with Crippen molar-refractivity contribution >= 4 is 21.6 Å². The summed E-state index contributed by atoms with van der Waals surface area (Å²) in [6.45, 7) is 1.38. The van der Waals surface area contributed by atoms with Crippen molar-refractivity contribution < 1.29 is 26.7 Å². The molecule has 0 unspecified atom stereocenters. The van der Waals surface area contributed by atoms with Gasteiger partial charge in [0.1, 0.15) is 5.75 Å². The third-order valence-electron chi connectivity index (χ3n) is 3.99. The van der Waals surface area contributed by atoms with Crippen molar-refractivity contribution in [3.05, 3.63) is 54.1 Å². The maximum atomic E-state index is 12.4. The molecule has 0 aliphatic rings. The molecular formula is C19H22F2N2O4S. The number of anilines is 1. The summed E-state index contributed by atoms with van der Waals surface area (Å²) >= 11 is 0. The second-order valence-electron chi connectivity index (χ2n) is 5.86. The standard InChI is InChI=1S/C19H22F2N2O4S/c1-3-23(4-2)28(25,26)17-11-7-15(8-12-17)22-18(24)13-14-5-9-16(10-6-14)27-19(20)21/h5-12,19H,3-4,13H2,1-2H3,(H,22,24). The summed E-state index contributed by atoms with van der Waals surface area (Å²) in [6, 6.07) is 11.7. The fourth-order valence-corrected chi connectivity index (χ4v) is 4.06. The van der Waals surface area contributed by atoms with Gasteiger partial charge in [0.15, 0.2) is 0 Å². The third kappa shape index (κ3) is 5.74. The minimum Gasteiger partial charge on any atom is -0.435 e. The summed E-state index contributed by atoms with van der Waals surface area (Å²) in [5, 5.41) is 2.67. The summed E-state index contributed by atoms with van der Waals surface area (Å²) < 4.78 is 54.8. The van der Waals surface area contributed by atoms with Crippen molar-refractivity contribution in [3.63, 3.8) is 0 Å². The van der Waals surface area contributed by atoms with Crippen molar-refractivity contribution in [2.24, 2.45) is 0 Å². The van der Waals surface area contributed by atoms with Gasteiger partial charge in [0.05, 0.1) is 11.3 Å². The van der Waals surface area contributed by atoms with E-state index in [-0.39, 0.29) is 23.0 Å². The maximum absolute atomic E-state index is 12.4. The highest BCUT2D eigenvalue weighted by molar-refractivity contribution is 7.89. The minimum absolute atomic E-state index is 0.0177. The molecule has 1 amide bonds. The summed E-state index contributed by atoms with van der Waals surface area (Å²) in [7, 11) is -3.55. The highest BCUT2D eigenvalue weighted by Gasteiger charge is 2.21. The lowest BCUT2D eigenvalue weighted by atomic mass is 10.1. The van der Waals surface area contributed by atoms with E-state index in [1.165, 1.54) is 52.8 Å². The predicted octanol–water partition coefficient (Wildman–Crippen LogP) is 3.50. The zero-order valence-electron chi connectivity index (χ0n) is 15.6. The molecule has 152 valence electrons. The third-order valence-corrected chi connectivity index (χ3v) is 6.06. The minimum atomic E-state index is -3.55. The first-order valence-corrected chi connectivity index (χ1v) is 10.1. The number of carbonyl (C=O) groups excluding carboxylic acids is 1. The van der Waals surface area contributed by atoms with E-state index in [0.29, 0.717) is 24.3 Å². The topological polar surface area (TPSA) is 75.7 Å². The zero-order valence-corrected chi connectivity index (χ0v) is 16.4. The van der Waals surface area contributed by atoms with Crippen LogP contribution in [-0.4, -0.2) is 38.3 Å². The van der Waals surface area contributed by atoms with E-state index in [1.807, 2.05) is 0 Å². The average molecular weight is 412 g/mol. The van der Waals surface area contributed by atoms with E-state index in [9.17, 15) is 22.0 Å². The van der Waals surface area contributed by atoms with Gasteiger partial charge in [0.25, 0.3) is 0 Å². The molecule has 0 aromatic heterocycles. The molecule has 28 heavy (non-hydrogen) atoms. The molecule has 1 N–H and O–H groups in total. The largest absolute Gasteiger partial charge is 0.435 e. The number of hydrogen-bond donors (Lipinski definition) is 1. The van der Waals surface area contributed by atoms with Gasteiger partial charge in [-0.05, 0) is 42.0 Å². The van der Waals surface area contributed by atoms with Crippen molar-refractivity contribution in [1.82, 2.24) is 4.31 Å². The molecule has 0 heterocycles. The van der Waals surface area contributed by atoms with Gasteiger partial charge in [-0.2, -0.15) is 13.1 Å². The van der Waals surface area contributed by atoms with Crippen molar-refractivity contribution in [1.29, 1.82) is 0 Å². The number of hydrogen-bond acceptors (Lipinski definition) is 4. The fraction of sp³-hybridized carbons (Fsp3) is 0.316. The molecule has 2 rings (SSSR count). The van der Waals surface area contributed by atoms with Gasteiger partial charge in [0, 0.05) is 18.8 Å². The van der Waals surface area contributed by atoms with E-state index in [4.69, 9.17) is 0 Å². The number of nitrogens with one attached hydrogen (secondary N) is 1. The lowest BCUT2D eigenvalue weighted by Gasteiger charge is -2.18. The highest BCUT2D eigenvalue weighted by atomic mass is 32.2. The summed E-state index contributed by atoms with van der Waals surface area (Å²) in [4.78, 5) is 12.3. The Morgan fingerprint density at radius 2 is 1.61 bits per heavy atom. The predicted molar refractivity (Wildman–Crippen MR) is 102 cm³/mol. The van der Waals surface area contributed by atoms with Crippen LogP contribution in [0.3, 0.4) is 0 Å². The fourth-order valence-electron chi connectivity index (χ4n) is 2.60. The molecule has 0 bridgehead atoms. The Balaban J connectivity index is 1.99. The Kier molecular flexibility index (Phi) is 7.47. The molecule has 0 aliphatic heterocycles. The SMILES string of the molecule is CCN(CC)S(=O)(=O)c1ccc(NC(=O)Cc2ccc(OC(F)F)cc2)cc1. The molecule has 9 heteroatoms. The zero-order chi connectivity index (χ0) is 20.7. The van der Waals surface area contributed by atoms with Crippen LogP contribution >= 0.6 is 0 Å². The number of amides is 1. The molecule has 2 aromatic carbocycles. The Bertz CT molecular complexity index is 881. The second kappa shape index (κ2) is 9.61. The lowest BCUT2D eigenvalue weighted by molar-refractivity contribution is -0.115. The number of sulfonamides is 1. The molecule has 2 aromatic rings. The van der Waals surface area contributed by atoms with Gasteiger partial charge in [-0.15, -0.1) is 0 Å². The number of halogens is 2. The van der Waals surface area contributed by atoms with Crippen LogP contribution in [-0.2, 0) is 21.2 Å². The van der Waals surface area contributed by atoms with E-state index < -0.39 is 16.6 Å². The van der Waals surface area contributed by atoms with Crippen LogP contribution in [0.2, 0.25) is 0 Å². The Hall–Kier alpha value is -2.52. The van der Waals surface area contributed by atoms with Crippen LogP contribution in [0.15, 0.2) is 53.4 Å². The quantitative estimate of drug-likeness (QED) is 0.684. The van der Waals surface area contributed by atoms with Gasteiger partial charge in [-0.25, -0.2) is 8.42 Å². The number of ether oxygens (including phenoxy) is 1. The van der Waals surface area contributed by atoms with Crippen LogP contribution in [0.4, 0.5) is 14.5 Å². The molecule has 0 atom stereocenters. The maximum Gasteiger partial charge on any atom is 0.387 e. The summed E-state index contributed by atoms with van der Waals surface area (Å²) in [5.41, 5.74) is 1.08. The smallest absolute Gasteiger partial charge is 0.387 e. The van der Waals surface area contributed by atoms with Crippen molar-refractivity contribution in [2.75, 3.05) is 18.4 Å². The molecule has 0 saturated heterocycles. The Labute approximate surface area is 163 Å². The molecular weight excluding hydrogens is 390 g/mol. The normalized spacial score (nSPS) is 11.6.